The highest BCUT2D eigenvalue weighted by Crippen LogP contribution is 2.31. The highest BCUT2D eigenvalue weighted by Gasteiger charge is 2.30. The van der Waals surface area contributed by atoms with Crippen LogP contribution in [-0.2, 0) is 11.8 Å². The minimum atomic E-state index is 0.0471. The van der Waals surface area contributed by atoms with Crippen LogP contribution in [-0.4, -0.2) is 38.7 Å². The van der Waals surface area contributed by atoms with Crippen LogP contribution in [0.2, 0.25) is 0 Å². The molecular weight excluding hydrogens is 252 g/mol. The maximum absolute atomic E-state index is 12.0. The van der Waals surface area contributed by atoms with Crippen LogP contribution in [0.25, 0.3) is 11.0 Å². The fourth-order valence-electron chi connectivity index (χ4n) is 2.86. The number of fused-ring (bicyclic) bond motifs is 1. The van der Waals surface area contributed by atoms with Crippen molar-refractivity contribution in [3.05, 3.63) is 36.2 Å². The Morgan fingerprint density at radius 2 is 2.30 bits per heavy atom. The van der Waals surface area contributed by atoms with Gasteiger partial charge in [0.2, 0.25) is 5.91 Å². The third kappa shape index (κ3) is 1.99. The number of carbonyl (C=O) groups is 1. The van der Waals surface area contributed by atoms with Gasteiger partial charge in [-0.25, -0.2) is 4.98 Å². The summed E-state index contributed by atoms with van der Waals surface area (Å²) in [6.45, 7) is 6.98. The first-order chi connectivity index (χ1) is 9.58. The molecule has 2 aromatic heterocycles. The Bertz CT molecular complexity index is 688. The quantitative estimate of drug-likeness (QED) is 0.783. The summed E-state index contributed by atoms with van der Waals surface area (Å²) < 4.78 is 1.81. The average molecular weight is 270 g/mol. The Hall–Kier alpha value is -2.17. The third-order valence-electron chi connectivity index (χ3n) is 3.85. The topological polar surface area (TPSA) is 51.0 Å². The van der Waals surface area contributed by atoms with Crippen molar-refractivity contribution in [1.82, 2.24) is 19.7 Å². The maximum atomic E-state index is 12.0. The van der Waals surface area contributed by atoms with E-state index < -0.39 is 0 Å². The summed E-state index contributed by atoms with van der Waals surface area (Å²) in [6, 6.07) is 3.98. The fraction of sp³-hybridized carbons (Fsp3) is 0.400. The van der Waals surface area contributed by atoms with Crippen molar-refractivity contribution in [2.24, 2.45) is 7.05 Å². The second-order valence-corrected chi connectivity index (χ2v) is 5.40. The van der Waals surface area contributed by atoms with Crippen molar-refractivity contribution < 1.29 is 4.79 Å². The number of aromatic nitrogens is 3. The molecular formula is C15H18N4O. The SMILES string of the molecule is C=C(C)C(=O)N1CCC(c2nn(C)c3ncccc23)C1. The van der Waals surface area contributed by atoms with Crippen LogP contribution in [0.1, 0.15) is 25.0 Å². The average Bonchev–Trinajstić information content (AvgIpc) is 3.03. The zero-order chi connectivity index (χ0) is 14.3. The molecule has 104 valence electrons. The lowest BCUT2D eigenvalue weighted by atomic mass is 10.0. The molecule has 1 aliphatic heterocycles. The Morgan fingerprint density at radius 1 is 1.50 bits per heavy atom. The van der Waals surface area contributed by atoms with Crippen molar-refractivity contribution >= 4 is 16.9 Å². The summed E-state index contributed by atoms with van der Waals surface area (Å²) in [4.78, 5) is 18.2. The molecule has 1 saturated heterocycles. The van der Waals surface area contributed by atoms with Gasteiger partial charge < -0.3 is 4.90 Å². The minimum Gasteiger partial charge on any atom is -0.338 e. The van der Waals surface area contributed by atoms with Crippen LogP contribution < -0.4 is 0 Å². The summed E-state index contributed by atoms with van der Waals surface area (Å²) in [6.07, 6.45) is 2.72. The van der Waals surface area contributed by atoms with E-state index in [1.807, 2.05) is 28.8 Å². The van der Waals surface area contributed by atoms with E-state index in [-0.39, 0.29) is 11.8 Å². The first-order valence-corrected chi connectivity index (χ1v) is 6.80. The molecule has 0 aromatic carbocycles. The zero-order valence-corrected chi connectivity index (χ0v) is 11.8. The number of amides is 1. The lowest BCUT2D eigenvalue weighted by Gasteiger charge is -2.15. The molecule has 1 aliphatic rings. The predicted molar refractivity (Wildman–Crippen MR) is 77.3 cm³/mol. The Morgan fingerprint density at radius 3 is 3.05 bits per heavy atom. The molecule has 1 amide bonds. The van der Waals surface area contributed by atoms with E-state index in [0.717, 1.165) is 29.7 Å². The van der Waals surface area contributed by atoms with E-state index in [4.69, 9.17) is 0 Å². The van der Waals surface area contributed by atoms with Crippen LogP contribution in [0.5, 0.6) is 0 Å². The highest BCUT2D eigenvalue weighted by atomic mass is 16.2. The molecule has 1 atom stereocenters. The summed E-state index contributed by atoms with van der Waals surface area (Å²) in [7, 11) is 1.91. The number of rotatable bonds is 2. The third-order valence-corrected chi connectivity index (χ3v) is 3.85. The van der Waals surface area contributed by atoms with Crippen LogP contribution in [0.3, 0.4) is 0 Å². The number of pyridine rings is 1. The molecule has 2 aromatic rings. The molecule has 5 heteroatoms. The minimum absolute atomic E-state index is 0.0471. The molecule has 0 bridgehead atoms. The van der Waals surface area contributed by atoms with E-state index in [1.54, 1.807) is 13.1 Å². The Labute approximate surface area is 117 Å². The maximum Gasteiger partial charge on any atom is 0.248 e. The van der Waals surface area contributed by atoms with E-state index >= 15 is 0 Å². The molecule has 3 rings (SSSR count). The molecule has 5 nitrogen and oxygen atoms in total. The molecule has 0 saturated carbocycles. The van der Waals surface area contributed by atoms with Gasteiger partial charge in [0.25, 0.3) is 0 Å². The number of carbonyl (C=O) groups excluding carboxylic acids is 1. The van der Waals surface area contributed by atoms with Gasteiger partial charge in [0.05, 0.1) is 5.69 Å². The molecule has 1 fully saturated rings. The van der Waals surface area contributed by atoms with Crippen molar-refractivity contribution in [3.8, 4) is 0 Å². The van der Waals surface area contributed by atoms with E-state index in [2.05, 4.69) is 16.7 Å². The lowest BCUT2D eigenvalue weighted by Crippen LogP contribution is -2.28. The summed E-state index contributed by atoms with van der Waals surface area (Å²) in [5.41, 5.74) is 2.54. The second-order valence-electron chi connectivity index (χ2n) is 5.40. The van der Waals surface area contributed by atoms with Crippen molar-refractivity contribution in [1.29, 1.82) is 0 Å². The van der Waals surface area contributed by atoms with Crippen LogP contribution in [0.15, 0.2) is 30.5 Å². The van der Waals surface area contributed by atoms with Gasteiger partial charge in [0, 0.05) is 43.2 Å². The van der Waals surface area contributed by atoms with Gasteiger partial charge in [-0.1, -0.05) is 6.58 Å². The zero-order valence-electron chi connectivity index (χ0n) is 11.8. The normalized spacial score (nSPS) is 18.7. The van der Waals surface area contributed by atoms with Crippen LogP contribution in [0.4, 0.5) is 0 Å². The highest BCUT2D eigenvalue weighted by molar-refractivity contribution is 5.92. The molecule has 20 heavy (non-hydrogen) atoms. The monoisotopic (exact) mass is 270 g/mol. The predicted octanol–water partition coefficient (Wildman–Crippen LogP) is 1.86. The number of likely N-dealkylation sites (tertiary alicyclic amines) is 1. The number of hydrogen-bond acceptors (Lipinski definition) is 3. The van der Waals surface area contributed by atoms with Gasteiger partial charge in [-0.05, 0) is 25.5 Å². The largest absolute Gasteiger partial charge is 0.338 e. The van der Waals surface area contributed by atoms with Gasteiger partial charge in [0.1, 0.15) is 0 Å². The van der Waals surface area contributed by atoms with Gasteiger partial charge in [-0.3, -0.25) is 9.48 Å². The standard InChI is InChI=1S/C15H18N4O/c1-10(2)15(20)19-8-6-11(9-19)13-12-5-4-7-16-14(12)18(3)17-13/h4-5,7,11H,1,6,8-9H2,2-3H3. The first-order valence-electron chi connectivity index (χ1n) is 6.80. The summed E-state index contributed by atoms with van der Waals surface area (Å²) in [5, 5.41) is 5.69. The molecule has 3 heterocycles. The molecule has 0 N–H and O–H groups in total. The van der Waals surface area contributed by atoms with Gasteiger partial charge >= 0.3 is 0 Å². The van der Waals surface area contributed by atoms with Crippen LogP contribution in [0, 0.1) is 0 Å². The van der Waals surface area contributed by atoms with Gasteiger partial charge in [0.15, 0.2) is 5.65 Å². The van der Waals surface area contributed by atoms with Gasteiger partial charge in [-0.15, -0.1) is 0 Å². The lowest BCUT2D eigenvalue weighted by molar-refractivity contribution is -0.126. The second kappa shape index (κ2) is 4.74. The fourth-order valence-corrected chi connectivity index (χ4v) is 2.86. The first kappa shape index (κ1) is 12.8. The molecule has 1 unspecified atom stereocenters. The van der Waals surface area contributed by atoms with E-state index in [1.165, 1.54) is 0 Å². The van der Waals surface area contributed by atoms with Crippen molar-refractivity contribution in [2.45, 2.75) is 19.3 Å². The number of nitrogens with zero attached hydrogens (tertiary/aromatic N) is 4. The van der Waals surface area contributed by atoms with Gasteiger partial charge in [-0.2, -0.15) is 5.10 Å². The summed E-state index contributed by atoms with van der Waals surface area (Å²) >= 11 is 0. The van der Waals surface area contributed by atoms with Crippen molar-refractivity contribution in [3.63, 3.8) is 0 Å². The van der Waals surface area contributed by atoms with Crippen molar-refractivity contribution in [2.75, 3.05) is 13.1 Å². The molecule has 0 spiro atoms. The molecule has 0 radical (unpaired) electrons. The number of aryl methyl sites for hydroxylation is 1. The number of hydrogen-bond donors (Lipinski definition) is 0. The van der Waals surface area contributed by atoms with E-state index in [9.17, 15) is 4.79 Å². The van der Waals surface area contributed by atoms with E-state index in [0.29, 0.717) is 12.1 Å². The van der Waals surface area contributed by atoms with Crippen LogP contribution >= 0.6 is 0 Å². The molecule has 0 aliphatic carbocycles. The summed E-state index contributed by atoms with van der Waals surface area (Å²) in [5.74, 6) is 0.331. The Kier molecular flexibility index (Phi) is 3.04. The smallest absolute Gasteiger partial charge is 0.248 e. The Balaban J connectivity index is 1.90.